The van der Waals surface area contributed by atoms with Crippen molar-refractivity contribution in [3.8, 4) is 11.1 Å². The highest BCUT2D eigenvalue weighted by atomic mass is 16.2. The quantitative estimate of drug-likeness (QED) is 0.442. The third-order valence-electron chi connectivity index (χ3n) is 6.67. The summed E-state index contributed by atoms with van der Waals surface area (Å²) in [4.78, 5) is 22.0. The van der Waals surface area contributed by atoms with E-state index in [0.29, 0.717) is 0 Å². The third kappa shape index (κ3) is 7.91. The van der Waals surface area contributed by atoms with Crippen molar-refractivity contribution < 1.29 is 4.79 Å². The van der Waals surface area contributed by atoms with Crippen LogP contribution < -0.4 is 10.6 Å². The lowest BCUT2D eigenvalue weighted by atomic mass is 10.0. The van der Waals surface area contributed by atoms with Gasteiger partial charge in [0.15, 0.2) is 0 Å². The van der Waals surface area contributed by atoms with Gasteiger partial charge in [0.1, 0.15) is 0 Å². The number of nitrogens with zero attached hydrogens (tertiary/aromatic N) is 3. The van der Waals surface area contributed by atoms with Crippen LogP contribution in [0.15, 0.2) is 79.0 Å². The normalized spacial score (nSPS) is 14.7. The smallest absolute Gasteiger partial charge is 0.319 e. The Hall–Kier alpha value is -3.22. The minimum atomic E-state index is -0.124. The predicted octanol–water partition coefficient (Wildman–Crippen LogP) is 4.90. The van der Waals surface area contributed by atoms with E-state index in [1.807, 2.05) is 60.8 Å². The average Bonchev–Trinajstić information content (AvgIpc) is 2.90. The largest absolute Gasteiger partial charge is 0.335 e. The van der Waals surface area contributed by atoms with Crippen LogP contribution in [0.25, 0.3) is 11.1 Å². The fraction of sp³-hybridized carbons (Fsp3) is 0.379. The lowest BCUT2D eigenvalue weighted by molar-refractivity contribution is 0.186. The van der Waals surface area contributed by atoms with Crippen LogP contribution in [0.2, 0.25) is 0 Å². The molecule has 3 aromatic rings. The molecule has 0 spiro atoms. The number of urea groups is 1. The number of likely N-dealkylation sites (N-methyl/N-ethyl adjacent to an activating group) is 1. The van der Waals surface area contributed by atoms with Crippen molar-refractivity contribution in [1.29, 1.82) is 0 Å². The molecule has 35 heavy (non-hydrogen) atoms. The summed E-state index contributed by atoms with van der Waals surface area (Å²) in [5.41, 5.74) is 4.12. The van der Waals surface area contributed by atoms with E-state index in [1.54, 1.807) is 0 Å². The van der Waals surface area contributed by atoms with Gasteiger partial charge in [0.25, 0.3) is 0 Å². The van der Waals surface area contributed by atoms with Crippen LogP contribution in [0.5, 0.6) is 0 Å². The number of amides is 2. The van der Waals surface area contributed by atoms with E-state index in [2.05, 4.69) is 50.7 Å². The molecule has 0 aliphatic carbocycles. The predicted molar refractivity (Wildman–Crippen MR) is 144 cm³/mol. The molecule has 184 valence electrons. The Labute approximate surface area is 209 Å². The molecule has 4 rings (SSSR count). The number of benzene rings is 2. The summed E-state index contributed by atoms with van der Waals surface area (Å²) in [5.74, 6) is 0. The number of aromatic nitrogens is 1. The highest BCUT2D eigenvalue weighted by Crippen LogP contribution is 2.27. The van der Waals surface area contributed by atoms with Gasteiger partial charge in [-0.05, 0) is 63.2 Å². The second kappa shape index (κ2) is 13.0. The number of likely N-dealkylation sites (tertiary alicyclic amines) is 1. The van der Waals surface area contributed by atoms with Crippen molar-refractivity contribution in [2.75, 3.05) is 45.1 Å². The highest BCUT2D eigenvalue weighted by molar-refractivity contribution is 5.94. The summed E-state index contributed by atoms with van der Waals surface area (Å²) in [6.45, 7) is 5.30. The zero-order valence-corrected chi connectivity index (χ0v) is 20.7. The molecule has 1 aliphatic heterocycles. The van der Waals surface area contributed by atoms with Crippen LogP contribution >= 0.6 is 0 Å². The van der Waals surface area contributed by atoms with Gasteiger partial charge in [0, 0.05) is 49.6 Å². The maximum atomic E-state index is 12.7. The van der Waals surface area contributed by atoms with E-state index < -0.39 is 0 Å². The number of carbonyl (C=O) groups is 1. The van der Waals surface area contributed by atoms with E-state index in [0.717, 1.165) is 80.9 Å². The first-order chi connectivity index (χ1) is 17.2. The van der Waals surface area contributed by atoms with Gasteiger partial charge in [0.2, 0.25) is 0 Å². The molecule has 2 amide bonds. The summed E-state index contributed by atoms with van der Waals surface area (Å²) in [5, 5.41) is 6.25. The molecule has 0 bridgehead atoms. The van der Waals surface area contributed by atoms with E-state index in [-0.39, 0.29) is 12.1 Å². The Kier molecular flexibility index (Phi) is 9.26. The van der Waals surface area contributed by atoms with Crippen LogP contribution in [0.1, 0.15) is 25.0 Å². The van der Waals surface area contributed by atoms with Crippen LogP contribution in [0, 0.1) is 0 Å². The van der Waals surface area contributed by atoms with Crippen LogP contribution in [-0.2, 0) is 6.42 Å². The molecule has 2 aromatic carbocycles. The fourth-order valence-electron chi connectivity index (χ4n) is 4.63. The zero-order valence-electron chi connectivity index (χ0n) is 20.7. The molecule has 0 saturated carbocycles. The van der Waals surface area contributed by atoms with Crippen LogP contribution in [-0.4, -0.2) is 66.6 Å². The van der Waals surface area contributed by atoms with E-state index in [1.165, 1.54) is 0 Å². The molecule has 1 aromatic heterocycles. The standard InChI is InChI=1S/C29H37N5O/c1-33(21-15-25-12-7-8-18-30-25)19-9-20-34-22-16-26(17-23-34)31-29(35)32-28-14-6-5-13-27(28)24-10-3-2-4-11-24/h2-8,10-14,18,26H,9,15-17,19-23H2,1H3,(H2,31,32,35). The highest BCUT2D eigenvalue weighted by Gasteiger charge is 2.21. The van der Waals surface area contributed by atoms with Gasteiger partial charge < -0.3 is 20.4 Å². The molecular formula is C29H37N5O. The molecule has 2 heterocycles. The molecule has 6 heteroatoms. The first-order valence-electron chi connectivity index (χ1n) is 12.7. The number of hydrogen-bond acceptors (Lipinski definition) is 4. The number of hydrogen-bond donors (Lipinski definition) is 2. The van der Waals surface area contributed by atoms with Crippen molar-refractivity contribution in [2.24, 2.45) is 0 Å². The topological polar surface area (TPSA) is 60.5 Å². The van der Waals surface area contributed by atoms with Gasteiger partial charge in [-0.2, -0.15) is 0 Å². The molecule has 6 nitrogen and oxygen atoms in total. The van der Waals surface area contributed by atoms with Gasteiger partial charge in [-0.15, -0.1) is 0 Å². The number of rotatable bonds is 10. The Morgan fingerprint density at radius 2 is 1.71 bits per heavy atom. The summed E-state index contributed by atoms with van der Waals surface area (Å²) < 4.78 is 0. The zero-order chi connectivity index (χ0) is 24.3. The number of anilines is 1. The minimum Gasteiger partial charge on any atom is -0.335 e. The Bertz CT molecular complexity index is 1040. The van der Waals surface area contributed by atoms with Crippen LogP contribution in [0.4, 0.5) is 10.5 Å². The van der Waals surface area contributed by atoms with E-state index in [9.17, 15) is 4.79 Å². The summed E-state index contributed by atoms with van der Waals surface area (Å²) in [6.07, 6.45) is 5.99. The summed E-state index contributed by atoms with van der Waals surface area (Å²) in [7, 11) is 2.19. The Morgan fingerprint density at radius 1 is 0.971 bits per heavy atom. The lowest BCUT2D eigenvalue weighted by Gasteiger charge is -2.32. The molecular weight excluding hydrogens is 434 g/mol. The molecule has 1 fully saturated rings. The molecule has 1 saturated heterocycles. The second-order valence-corrected chi connectivity index (χ2v) is 9.35. The first-order valence-corrected chi connectivity index (χ1v) is 12.7. The molecule has 1 aliphatic rings. The Morgan fingerprint density at radius 3 is 2.49 bits per heavy atom. The van der Waals surface area contributed by atoms with Gasteiger partial charge in [-0.25, -0.2) is 4.79 Å². The fourth-order valence-corrected chi connectivity index (χ4v) is 4.63. The third-order valence-corrected chi connectivity index (χ3v) is 6.67. The van der Waals surface area contributed by atoms with E-state index >= 15 is 0 Å². The van der Waals surface area contributed by atoms with E-state index in [4.69, 9.17) is 0 Å². The number of carbonyl (C=O) groups excluding carboxylic acids is 1. The number of para-hydroxylation sites is 1. The maximum absolute atomic E-state index is 12.7. The number of pyridine rings is 1. The monoisotopic (exact) mass is 471 g/mol. The Balaban J connectivity index is 1.14. The average molecular weight is 472 g/mol. The van der Waals surface area contributed by atoms with Crippen molar-refractivity contribution >= 4 is 11.7 Å². The van der Waals surface area contributed by atoms with Crippen molar-refractivity contribution in [3.05, 3.63) is 84.7 Å². The minimum absolute atomic E-state index is 0.124. The summed E-state index contributed by atoms with van der Waals surface area (Å²) in [6, 6.07) is 24.3. The van der Waals surface area contributed by atoms with Crippen LogP contribution in [0.3, 0.4) is 0 Å². The maximum Gasteiger partial charge on any atom is 0.319 e. The number of nitrogens with one attached hydrogen (secondary N) is 2. The second-order valence-electron chi connectivity index (χ2n) is 9.35. The molecule has 2 N–H and O–H groups in total. The molecule has 0 atom stereocenters. The van der Waals surface area contributed by atoms with Gasteiger partial charge in [-0.3, -0.25) is 4.98 Å². The SMILES string of the molecule is CN(CCCN1CCC(NC(=O)Nc2ccccc2-c2ccccc2)CC1)CCc1ccccn1. The van der Waals surface area contributed by atoms with Crippen molar-refractivity contribution in [1.82, 2.24) is 20.1 Å². The van der Waals surface area contributed by atoms with Crippen molar-refractivity contribution in [3.63, 3.8) is 0 Å². The van der Waals surface area contributed by atoms with Crippen molar-refractivity contribution in [2.45, 2.75) is 31.7 Å². The summed E-state index contributed by atoms with van der Waals surface area (Å²) >= 11 is 0. The van der Waals surface area contributed by atoms with Gasteiger partial charge in [-0.1, -0.05) is 54.6 Å². The molecule has 0 radical (unpaired) electrons. The molecule has 0 unspecified atom stereocenters. The lowest BCUT2D eigenvalue weighted by Crippen LogP contribution is -2.46. The van der Waals surface area contributed by atoms with Gasteiger partial charge >= 0.3 is 6.03 Å². The number of piperidine rings is 1. The van der Waals surface area contributed by atoms with Gasteiger partial charge in [0.05, 0.1) is 5.69 Å². The first kappa shape index (κ1) is 24.9.